The first kappa shape index (κ1) is 19.9. The Morgan fingerprint density at radius 2 is 1.91 bits per heavy atom. The summed E-state index contributed by atoms with van der Waals surface area (Å²) in [6.45, 7) is 5.30. The number of aromatic nitrogens is 5. The zero-order valence-electron chi connectivity index (χ0n) is 18.4. The molecule has 3 aliphatic heterocycles. The standard InChI is InChI=1S/C24H26ClN7O/c25-18-2-3-20-16(8-18)11-30(19-4-7-33-13-19)12-21-28-29-22(32(20)21)17-9-24(10-17)14-31(15-24)23-26-5-1-6-27-23/h1-3,5-6,8,17,19H,4,7,9-15H2/t19-/m1/s1. The number of hydrogen-bond acceptors (Lipinski definition) is 7. The van der Waals surface area contributed by atoms with Gasteiger partial charge < -0.3 is 9.64 Å². The maximum atomic E-state index is 6.41. The molecule has 0 bridgehead atoms. The van der Waals surface area contributed by atoms with Crippen LogP contribution in [0.1, 0.15) is 42.4 Å². The third-order valence-electron chi connectivity index (χ3n) is 7.79. The number of hydrogen-bond donors (Lipinski definition) is 0. The molecule has 0 N–H and O–H groups in total. The van der Waals surface area contributed by atoms with Gasteiger partial charge in [-0.3, -0.25) is 9.47 Å². The summed E-state index contributed by atoms with van der Waals surface area (Å²) >= 11 is 6.41. The second-order valence-corrected chi connectivity index (χ2v) is 10.5. The Morgan fingerprint density at radius 1 is 1.06 bits per heavy atom. The molecule has 2 saturated heterocycles. The lowest BCUT2D eigenvalue weighted by Gasteiger charge is -2.58. The van der Waals surface area contributed by atoms with Gasteiger partial charge >= 0.3 is 0 Å². The zero-order valence-corrected chi connectivity index (χ0v) is 19.2. The minimum absolute atomic E-state index is 0.358. The van der Waals surface area contributed by atoms with Gasteiger partial charge in [-0.15, -0.1) is 10.2 Å². The predicted molar refractivity (Wildman–Crippen MR) is 123 cm³/mol. The van der Waals surface area contributed by atoms with Crippen molar-refractivity contribution in [3.05, 3.63) is 58.9 Å². The molecule has 5 heterocycles. The van der Waals surface area contributed by atoms with E-state index in [1.165, 1.54) is 11.3 Å². The summed E-state index contributed by atoms with van der Waals surface area (Å²) in [5.41, 5.74) is 2.76. The summed E-state index contributed by atoms with van der Waals surface area (Å²) < 4.78 is 7.99. The first-order chi connectivity index (χ1) is 16.2. The Labute approximate surface area is 197 Å². The number of nitrogens with zero attached hydrogens (tertiary/aromatic N) is 7. The molecule has 8 nitrogen and oxygen atoms in total. The smallest absolute Gasteiger partial charge is 0.225 e. The lowest BCUT2D eigenvalue weighted by molar-refractivity contribution is 0.0574. The van der Waals surface area contributed by atoms with Crippen LogP contribution in [0.25, 0.3) is 5.69 Å². The van der Waals surface area contributed by atoms with E-state index in [-0.39, 0.29) is 0 Å². The normalized spacial score (nSPS) is 24.2. The van der Waals surface area contributed by atoms with Crippen LogP contribution < -0.4 is 4.90 Å². The molecule has 1 saturated carbocycles. The van der Waals surface area contributed by atoms with Gasteiger partial charge in [-0.2, -0.15) is 0 Å². The second-order valence-electron chi connectivity index (χ2n) is 10.0. The van der Waals surface area contributed by atoms with Crippen molar-refractivity contribution < 1.29 is 4.74 Å². The summed E-state index contributed by atoms with van der Waals surface area (Å²) in [5.74, 6) is 3.38. The molecule has 1 aliphatic carbocycles. The monoisotopic (exact) mass is 463 g/mol. The highest BCUT2D eigenvalue weighted by atomic mass is 35.5. The van der Waals surface area contributed by atoms with E-state index >= 15 is 0 Å². The van der Waals surface area contributed by atoms with Crippen LogP contribution in [0.4, 0.5) is 5.95 Å². The molecule has 1 spiro atoms. The van der Waals surface area contributed by atoms with E-state index < -0.39 is 0 Å². The third-order valence-corrected chi connectivity index (χ3v) is 8.02. The van der Waals surface area contributed by atoms with E-state index in [4.69, 9.17) is 21.4 Å². The molecule has 1 atom stereocenters. The summed E-state index contributed by atoms with van der Waals surface area (Å²) in [6, 6.07) is 8.49. The van der Waals surface area contributed by atoms with Gasteiger partial charge in [0.1, 0.15) is 5.82 Å². The third kappa shape index (κ3) is 3.26. The van der Waals surface area contributed by atoms with E-state index in [2.05, 4.69) is 41.6 Å². The van der Waals surface area contributed by atoms with Crippen LogP contribution in [0.15, 0.2) is 36.7 Å². The summed E-state index contributed by atoms with van der Waals surface area (Å²) in [6.07, 6.45) is 6.96. The number of rotatable bonds is 3. The SMILES string of the molecule is Clc1ccc2c(c1)CN([C@@H]1CCOC1)Cc1nnc(C3CC4(C3)CN(c3ncccn3)C4)n1-2. The molecular weight excluding hydrogens is 438 g/mol. The molecule has 9 heteroatoms. The number of fused-ring (bicyclic) bond motifs is 3. The van der Waals surface area contributed by atoms with Crippen molar-refractivity contribution in [1.82, 2.24) is 29.6 Å². The first-order valence-corrected chi connectivity index (χ1v) is 12.1. The number of anilines is 1. The Morgan fingerprint density at radius 3 is 2.70 bits per heavy atom. The van der Waals surface area contributed by atoms with Crippen molar-refractivity contribution in [3.8, 4) is 5.69 Å². The average molecular weight is 464 g/mol. The Bertz CT molecular complexity index is 1180. The largest absolute Gasteiger partial charge is 0.380 e. The fraction of sp³-hybridized carbons (Fsp3) is 0.500. The van der Waals surface area contributed by atoms with Crippen molar-refractivity contribution >= 4 is 17.5 Å². The van der Waals surface area contributed by atoms with Gasteiger partial charge in [0.05, 0.1) is 18.8 Å². The van der Waals surface area contributed by atoms with Gasteiger partial charge in [0, 0.05) is 61.0 Å². The van der Waals surface area contributed by atoms with Crippen LogP contribution in [0.2, 0.25) is 5.02 Å². The van der Waals surface area contributed by atoms with E-state index in [0.717, 1.165) is 81.3 Å². The van der Waals surface area contributed by atoms with Gasteiger partial charge in [-0.25, -0.2) is 9.97 Å². The first-order valence-electron chi connectivity index (χ1n) is 11.7. The minimum Gasteiger partial charge on any atom is -0.380 e. The van der Waals surface area contributed by atoms with Crippen molar-refractivity contribution in [2.45, 2.75) is 44.3 Å². The van der Waals surface area contributed by atoms with E-state index in [9.17, 15) is 0 Å². The molecule has 4 aliphatic rings. The average Bonchev–Trinajstić information content (AvgIpc) is 3.41. The molecule has 7 rings (SSSR count). The lowest BCUT2D eigenvalue weighted by Crippen LogP contribution is -2.62. The molecule has 3 aromatic rings. The minimum atomic E-state index is 0.358. The Kier molecular flexibility index (Phi) is 4.51. The summed E-state index contributed by atoms with van der Waals surface area (Å²) in [4.78, 5) is 13.5. The fourth-order valence-corrected chi connectivity index (χ4v) is 6.36. The molecular formula is C24H26ClN7O. The fourth-order valence-electron chi connectivity index (χ4n) is 6.17. The Hall–Kier alpha value is -2.55. The Balaban J connectivity index is 1.16. The highest BCUT2D eigenvalue weighted by molar-refractivity contribution is 6.30. The summed E-state index contributed by atoms with van der Waals surface area (Å²) in [7, 11) is 0. The highest BCUT2D eigenvalue weighted by Crippen LogP contribution is 2.56. The van der Waals surface area contributed by atoms with Crippen molar-refractivity contribution in [1.29, 1.82) is 0 Å². The summed E-state index contributed by atoms with van der Waals surface area (Å²) in [5, 5.41) is 10.2. The van der Waals surface area contributed by atoms with Crippen molar-refractivity contribution in [3.63, 3.8) is 0 Å². The van der Waals surface area contributed by atoms with Gasteiger partial charge in [0.2, 0.25) is 5.95 Å². The van der Waals surface area contributed by atoms with Crippen molar-refractivity contribution in [2.75, 3.05) is 31.2 Å². The van der Waals surface area contributed by atoms with Crippen LogP contribution in [0.5, 0.6) is 0 Å². The second kappa shape index (κ2) is 7.48. The topological polar surface area (TPSA) is 72.2 Å². The van der Waals surface area contributed by atoms with Crippen LogP contribution in [0.3, 0.4) is 0 Å². The van der Waals surface area contributed by atoms with E-state index in [1.54, 1.807) is 0 Å². The van der Waals surface area contributed by atoms with Gasteiger partial charge in [-0.1, -0.05) is 11.6 Å². The van der Waals surface area contributed by atoms with Crippen LogP contribution in [-0.2, 0) is 17.8 Å². The number of benzene rings is 1. The zero-order chi connectivity index (χ0) is 22.0. The van der Waals surface area contributed by atoms with Gasteiger partial charge in [-0.05, 0) is 49.1 Å². The highest BCUT2D eigenvalue weighted by Gasteiger charge is 2.54. The quantitative estimate of drug-likeness (QED) is 0.590. The van der Waals surface area contributed by atoms with Gasteiger partial charge in [0.25, 0.3) is 0 Å². The molecule has 0 radical (unpaired) electrons. The van der Waals surface area contributed by atoms with E-state index in [0.29, 0.717) is 17.4 Å². The molecule has 3 fully saturated rings. The molecule has 0 amide bonds. The van der Waals surface area contributed by atoms with Crippen LogP contribution in [-0.4, -0.2) is 62.0 Å². The molecule has 170 valence electrons. The molecule has 33 heavy (non-hydrogen) atoms. The maximum Gasteiger partial charge on any atom is 0.225 e. The molecule has 1 aromatic carbocycles. The number of ether oxygens (including phenoxy) is 1. The maximum absolute atomic E-state index is 6.41. The van der Waals surface area contributed by atoms with Crippen molar-refractivity contribution in [2.24, 2.45) is 5.41 Å². The predicted octanol–water partition coefficient (Wildman–Crippen LogP) is 3.20. The number of halogens is 1. The lowest BCUT2D eigenvalue weighted by atomic mass is 9.57. The molecule has 0 unspecified atom stereocenters. The molecule has 2 aromatic heterocycles. The van der Waals surface area contributed by atoms with E-state index in [1.807, 2.05) is 24.5 Å². The van der Waals surface area contributed by atoms with Crippen LogP contribution >= 0.6 is 11.6 Å². The van der Waals surface area contributed by atoms with Gasteiger partial charge in [0.15, 0.2) is 5.82 Å². The van der Waals surface area contributed by atoms with Crippen LogP contribution in [0, 0.1) is 5.41 Å².